The first-order chi connectivity index (χ1) is 24.3. The number of aryl methyl sites for hydroxylation is 4. The SMILES string of the molecule is Cc1ccc(N(CC2CCCCC2)c2ccc(C3=C([O-])C(=C4C=CC(=[N+](CC5CCCCC5)c5ccc(C)cc5C)C=C4)C3=O)cc2)c(C)c1. The fraction of sp³-hybridized carbons (Fsp3) is 0.391. The van der Waals surface area contributed by atoms with Gasteiger partial charge in [0, 0.05) is 58.8 Å². The Bertz CT molecular complexity index is 1910. The van der Waals surface area contributed by atoms with Gasteiger partial charge in [0.05, 0.1) is 0 Å². The Hall–Kier alpha value is -4.44. The Morgan fingerprint density at radius 1 is 0.680 bits per heavy atom. The van der Waals surface area contributed by atoms with E-state index >= 15 is 0 Å². The molecule has 4 nitrogen and oxygen atoms in total. The summed E-state index contributed by atoms with van der Waals surface area (Å²) in [4.78, 5) is 16.1. The summed E-state index contributed by atoms with van der Waals surface area (Å²) in [5.41, 5.74) is 11.7. The molecule has 0 aromatic heterocycles. The zero-order valence-electron chi connectivity index (χ0n) is 30.4. The average molecular weight is 665 g/mol. The normalized spacial score (nSPS) is 18.6. The summed E-state index contributed by atoms with van der Waals surface area (Å²) in [6.07, 6.45) is 21.1. The third-order valence-corrected chi connectivity index (χ3v) is 11.5. The molecule has 50 heavy (non-hydrogen) atoms. The number of anilines is 2. The molecule has 4 heteroatoms. The van der Waals surface area contributed by atoms with Crippen molar-refractivity contribution in [2.24, 2.45) is 11.8 Å². The van der Waals surface area contributed by atoms with Crippen LogP contribution in [0.5, 0.6) is 0 Å². The molecule has 3 aromatic rings. The van der Waals surface area contributed by atoms with Crippen LogP contribution in [0, 0.1) is 39.5 Å². The van der Waals surface area contributed by atoms with E-state index in [1.54, 1.807) is 0 Å². The van der Waals surface area contributed by atoms with E-state index in [0.717, 1.165) is 24.5 Å². The monoisotopic (exact) mass is 664 g/mol. The lowest BCUT2D eigenvalue weighted by molar-refractivity contribution is -0.449. The van der Waals surface area contributed by atoms with Crippen molar-refractivity contribution in [1.29, 1.82) is 0 Å². The van der Waals surface area contributed by atoms with Gasteiger partial charge in [0.15, 0.2) is 12.3 Å². The molecule has 0 N–H and O–H groups in total. The maximum Gasteiger partial charge on any atom is 0.208 e. The van der Waals surface area contributed by atoms with E-state index in [1.807, 2.05) is 24.3 Å². The molecule has 258 valence electrons. The Morgan fingerprint density at radius 3 is 1.88 bits per heavy atom. The summed E-state index contributed by atoms with van der Waals surface area (Å²) in [5.74, 6) is 1.02. The van der Waals surface area contributed by atoms with Crippen molar-refractivity contribution >= 4 is 34.1 Å². The molecule has 0 aliphatic heterocycles. The third kappa shape index (κ3) is 7.08. The number of carbonyl (C=O) groups excluding carboxylic acids is 1. The molecule has 0 amide bonds. The van der Waals surface area contributed by atoms with Gasteiger partial charge in [-0.2, -0.15) is 4.58 Å². The van der Waals surface area contributed by atoms with E-state index in [0.29, 0.717) is 34.1 Å². The average Bonchev–Trinajstić information content (AvgIpc) is 3.12. The first-order valence-electron chi connectivity index (χ1n) is 19.0. The number of nitrogens with zero attached hydrogens (tertiary/aromatic N) is 2. The van der Waals surface area contributed by atoms with Gasteiger partial charge < -0.3 is 10.0 Å². The van der Waals surface area contributed by atoms with Gasteiger partial charge in [0.25, 0.3) is 0 Å². The number of ketones is 1. The number of rotatable bonds is 8. The van der Waals surface area contributed by atoms with Gasteiger partial charge in [-0.15, -0.1) is 0 Å². The number of hydrogen-bond donors (Lipinski definition) is 0. The molecule has 3 aromatic carbocycles. The summed E-state index contributed by atoms with van der Waals surface area (Å²) < 4.78 is 2.44. The van der Waals surface area contributed by atoms with Crippen molar-refractivity contribution < 1.29 is 14.5 Å². The first kappa shape index (κ1) is 34.0. The Morgan fingerprint density at radius 2 is 1.28 bits per heavy atom. The smallest absolute Gasteiger partial charge is 0.208 e. The zero-order chi connectivity index (χ0) is 34.8. The predicted octanol–water partition coefficient (Wildman–Crippen LogP) is 10.1. The maximum atomic E-state index is 13.6. The quantitative estimate of drug-likeness (QED) is 0.178. The third-order valence-electron chi connectivity index (χ3n) is 11.5. The largest absolute Gasteiger partial charge is 0.871 e. The molecule has 4 aliphatic carbocycles. The van der Waals surface area contributed by atoms with Crippen LogP contribution >= 0.6 is 0 Å². The van der Waals surface area contributed by atoms with Crippen LogP contribution in [0.4, 0.5) is 17.1 Å². The van der Waals surface area contributed by atoms with Crippen molar-refractivity contribution in [3.05, 3.63) is 130 Å². The highest BCUT2D eigenvalue weighted by Gasteiger charge is 2.32. The number of hydrogen-bond acceptors (Lipinski definition) is 3. The molecular weight excluding hydrogens is 613 g/mol. The second kappa shape index (κ2) is 14.8. The van der Waals surface area contributed by atoms with Gasteiger partial charge in [0.2, 0.25) is 11.4 Å². The lowest BCUT2D eigenvalue weighted by Gasteiger charge is -2.34. The minimum absolute atomic E-state index is 0.155. The topological polar surface area (TPSA) is 46.4 Å². The number of Topliss-reactive ketones (excluding diaryl/α,β-unsaturated/α-hetero) is 1. The van der Waals surface area contributed by atoms with Gasteiger partial charge >= 0.3 is 0 Å². The van der Waals surface area contributed by atoms with E-state index < -0.39 is 0 Å². The van der Waals surface area contributed by atoms with Crippen LogP contribution in [0.25, 0.3) is 5.57 Å². The number of carbonyl (C=O) groups is 1. The van der Waals surface area contributed by atoms with Crippen molar-refractivity contribution in [3.63, 3.8) is 0 Å². The van der Waals surface area contributed by atoms with Crippen LogP contribution in [0.3, 0.4) is 0 Å². The Balaban J connectivity index is 1.15. The van der Waals surface area contributed by atoms with E-state index in [-0.39, 0.29) is 11.5 Å². The molecule has 4 aliphatic rings. The molecule has 2 saturated carbocycles. The van der Waals surface area contributed by atoms with E-state index in [4.69, 9.17) is 0 Å². The van der Waals surface area contributed by atoms with Crippen LogP contribution in [0.2, 0.25) is 0 Å². The molecule has 0 heterocycles. The molecule has 0 unspecified atom stereocenters. The van der Waals surface area contributed by atoms with Gasteiger partial charge in [-0.3, -0.25) is 4.79 Å². The summed E-state index contributed by atoms with van der Waals surface area (Å²) >= 11 is 0. The van der Waals surface area contributed by atoms with Crippen LogP contribution in [0.1, 0.15) is 92.0 Å². The highest BCUT2D eigenvalue weighted by Crippen LogP contribution is 2.40. The minimum atomic E-state index is -0.155. The molecule has 7 rings (SSSR count). The van der Waals surface area contributed by atoms with Gasteiger partial charge in [-0.25, -0.2) is 0 Å². The van der Waals surface area contributed by atoms with Crippen molar-refractivity contribution in [1.82, 2.24) is 0 Å². The van der Waals surface area contributed by atoms with E-state index in [2.05, 4.69) is 97.9 Å². The van der Waals surface area contributed by atoms with Crippen LogP contribution < -0.4 is 10.0 Å². The molecule has 0 spiro atoms. The first-order valence-corrected chi connectivity index (χ1v) is 19.0. The van der Waals surface area contributed by atoms with Crippen molar-refractivity contribution in [3.8, 4) is 0 Å². The van der Waals surface area contributed by atoms with E-state index in [9.17, 15) is 9.90 Å². The zero-order valence-corrected chi connectivity index (χ0v) is 30.4. The second-order valence-corrected chi connectivity index (χ2v) is 15.3. The van der Waals surface area contributed by atoms with E-state index in [1.165, 1.54) is 97.8 Å². The van der Waals surface area contributed by atoms with Crippen LogP contribution in [0.15, 0.2) is 102 Å². The highest BCUT2D eigenvalue weighted by atomic mass is 16.3. The predicted molar refractivity (Wildman–Crippen MR) is 205 cm³/mol. The van der Waals surface area contributed by atoms with Crippen molar-refractivity contribution in [2.45, 2.75) is 91.9 Å². The van der Waals surface area contributed by atoms with Gasteiger partial charge in [-0.05, 0) is 112 Å². The summed E-state index contributed by atoms with van der Waals surface area (Å²) in [7, 11) is 0. The Kier molecular flexibility index (Phi) is 10.1. The fourth-order valence-corrected chi connectivity index (χ4v) is 8.69. The molecule has 0 atom stereocenters. The number of allylic oxidation sites excluding steroid dienone is 7. The molecule has 0 saturated heterocycles. The van der Waals surface area contributed by atoms with Crippen LogP contribution in [-0.2, 0) is 4.79 Å². The van der Waals surface area contributed by atoms with Crippen LogP contribution in [-0.4, -0.2) is 29.2 Å². The maximum absolute atomic E-state index is 13.6. The van der Waals surface area contributed by atoms with Gasteiger partial charge in [0.1, 0.15) is 0 Å². The highest BCUT2D eigenvalue weighted by molar-refractivity contribution is 6.39. The molecule has 0 bridgehead atoms. The standard InChI is InChI=1S/C46H52N2O2/c1-31-15-25-41(33(3)27-31)47(29-35-11-7-5-8-12-35)39-21-17-37(18-22-39)43-45(49)44(46(43)50)38-19-23-40(24-20-38)48(30-36-13-9-6-10-14-36)42-26-16-32(2)28-34(42)4/h15-28,35-36H,5-14,29-30H2,1-4H3. The lowest BCUT2D eigenvalue weighted by Crippen LogP contribution is -2.30. The fourth-order valence-electron chi connectivity index (χ4n) is 8.69. The minimum Gasteiger partial charge on any atom is -0.871 e. The number of benzene rings is 3. The summed E-state index contributed by atoms with van der Waals surface area (Å²) in [6.45, 7) is 10.6. The summed E-state index contributed by atoms with van der Waals surface area (Å²) in [5, 5.41) is 13.6. The molecular formula is C46H52N2O2. The van der Waals surface area contributed by atoms with Crippen molar-refractivity contribution in [2.75, 3.05) is 18.0 Å². The lowest BCUT2D eigenvalue weighted by atomic mass is 9.80. The molecule has 0 radical (unpaired) electrons. The molecule has 2 fully saturated rings. The summed E-state index contributed by atoms with van der Waals surface area (Å²) in [6, 6.07) is 21.5. The Labute approximate surface area is 299 Å². The second-order valence-electron chi connectivity index (χ2n) is 15.3. The van der Waals surface area contributed by atoms with Gasteiger partial charge in [-0.1, -0.05) is 85.7 Å².